The highest BCUT2D eigenvalue weighted by atomic mass is 16.6. The maximum absolute atomic E-state index is 11.6. The lowest BCUT2D eigenvalue weighted by Gasteiger charge is -2.55. The van der Waals surface area contributed by atoms with E-state index >= 15 is 0 Å². The maximum Gasteiger partial charge on any atom is 0.377 e. The zero-order valence-corrected chi connectivity index (χ0v) is 9.76. The van der Waals surface area contributed by atoms with Gasteiger partial charge < -0.3 is 14.9 Å². The highest BCUT2D eigenvalue weighted by molar-refractivity contribution is 5.85. The molecule has 94 valence electrons. The quantitative estimate of drug-likeness (QED) is 0.440. The summed E-state index contributed by atoms with van der Waals surface area (Å²) in [5.74, 6) is 0.591. The molecule has 0 radical (unpaired) electrons. The number of carbonyl (C=O) groups excluding carboxylic acids is 1. The van der Waals surface area contributed by atoms with Gasteiger partial charge in [0.15, 0.2) is 0 Å². The van der Waals surface area contributed by atoms with Crippen LogP contribution in [0.15, 0.2) is 12.0 Å². The number of esters is 1. The Hall–Kier alpha value is -1.19. The van der Waals surface area contributed by atoms with Crippen molar-refractivity contribution in [1.29, 1.82) is 0 Å². The number of aliphatic hydroxyl groups excluding tert-OH is 2. The summed E-state index contributed by atoms with van der Waals surface area (Å²) in [7, 11) is 0. The fourth-order valence-electron chi connectivity index (χ4n) is 4.46. The Kier molecular flexibility index (Phi) is 2.35. The summed E-state index contributed by atoms with van der Waals surface area (Å²) in [6.45, 7) is 0. The van der Waals surface area contributed by atoms with Gasteiger partial charge in [-0.15, -0.1) is 0 Å². The monoisotopic (exact) mass is 238 g/mol. The molecule has 4 rings (SSSR count). The van der Waals surface area contributed by atoms with Crippen LogP contribution in [0.2, 0.25) is 0 Å². The molecule has 4 heteroatoms. The normalized spacial score (nSPS) is 43.8. The van der Waals surface area contributed by atoms with Crippen LogP contribution in [-0.4, -0.2) is 21.8 Å². The molecule has 0 aromatic rings. The smallest absolute Gasteiger partial charge is 0.377 e. The zero-order chi connectivity index (χ0) is 12.0. The van der Waals surface area contributed by atoms with E-state index in [1.54, 1.807) is 0 Å². The van der Waals surface area contributed by atoms with E-state index in [0.29, 0.717) is 24.0 Å². The van der Waals surface area contributed by atoms with Gasteiger partial charge in [-0.2, -0.15) is 0 Å². The Morgan fingerprint density at radius 2 is 1.59 bits per heavy atom. The van der Waals surface area contributed by atoms with Gasteiger partial charge in [0.1, 0.15) is 11.9 Å². The van der Waals surface area contributed by atoms with E-state index in [1.807, 2.05) is 0 Å². The number of carbonyl (C=O) groups is 1. The van der Waals surface area contributed by atoms with Crippen molar-refractivity contribution in [3.63, 3.8) is 0 Å². The van der Waals surface area contributed by atoms with Crippen LogP contribution >= 0.6 is 0 Å². The molecular formula is C13H18O4. The predicted molar refractivity (Wildman–Crippen MR) is 60.3 cm³/mol. The molecule has 0 atom stereocenters. The average molecular weight is 238 g/mol. The Morgan fingerprint density at radius 3 is 2.00 bits per heavy atom. The Morgan fingerprint density at radius 1 is 1.12 bits per heavy atom. The number of hydrogen-bond donors (Lipinski definition) is 2. The van der Waals surface area contributed by atoms with Crippen molar-refractivity contribution in [2.45, 2.75) is 44.1 Å². The molecule has 0 aromatic heterocycles. The van der Waals surface area contributed by atoms with Crippen LogP contribution in [0.3, 0.4) is 0 Å². The second-order valence-electron chi connectivity index (χ2n) is 6.00. The Bertz CT molecular complexity index is 336. The van der Waals surface area contributed by atoms with Crippen molar-refractivity contribution < 1.29 is 19.7 Å². The maximum atomic E-state index is 11.6. The SMILES string of the molecule is O=C(OC12CC3CC(CC(C3)C1)C2)C(O)=CO. The summed E-state index contributed by atoms with van der Waals surface area (Å²) >= 11 is 0. The van der Waals surface area contributed by atoms with E-state index < -0.39 is 11.7 Å². The van der Waals surface area contributed by atoms with Crippen LogP contribution in [0.4, 0.5) is 0 Å². The van der Waals surface area contributed by atoms with Crippen LogP contribution in [0.25, 0.3) is 0 Å². The van der Waals surface area contributed by atoms with E-state index in [9.17, 15) is 4.79 Å². The molecule has 4 saturated carbocycles. The van der Waals surface area contributed by atoms with Gasteiger partial charge in [0.05, 0.1) is 0 Å². The van der Waals surface area contributed by atoms with E-state index in [-0.39, 0.29) is 5.60 Å². The van der Waals surface area contributed by atoms with Gasteiger partial charge in [0.2, 0.25) is 5.76 Å². The first-order valence-corrected chi connectivity index (χ1v) is 6.37. The van der Waals surface area contributed by atoms with Crippen molar-refractivity contribution in [3.05, 3.63) is 12.0 Å². The summed E-state index contributed by atoms with van der Waals surface area (Å²) in [6.07, 6.45) is 7.04. The van der Waals surface area contributed by atoms with E-state index in [4.69, 9.17) is 14.9 Å². The largest absolute Gasteiger partial charge is 0.511 e. The van der Waals surface area contributed by atoms with Gasteiger partial charge in [-0.1, -0.05) is 0 Å². The van der Waals surface area contributed by atoms with E-state index in [1.165, 1.54) is 19.3 Å². The fourth-order valence-corrected chi connectivity index (χ4v) is 4.46. The summed E-state index contributed by atoms with van der Waals surface area (Å²) in [5.41, 5.74) is -0.358. The summed E-state index contributed by atoms with van der Waals surface area (Å²) in [5, 5.41) is 17.8. The molecule has 17 heavy (non-hydrogen) atoms. The lowest BCUT2D eigenvalue weighted by Crippen LogP contribution is -2.52. The Labute approximate surface area is 100 Å². The van der Waals surface area contributed by atoms with E-state index in [0.717, 1.165) is 19.3 Å². The van der Waals surface area contributed by atoms with Crippen molar-refractivity contribution >= 4 is 5.97 Å². The first-order chi connectivity index (χ1) is 8.10. The fraction of sp³-hybridized carbons (Fsp3) is 0.769. The third-order valence-electron chi connectivity index (χ3n) is 4.62. The van der Waals surface area contributed by atoms with Crippen molar-refractivity contribution in [1.82, 2.24) is 0 Å². The number of aliphatic hydroxyl groups is 2. The molecule has 0 aromatic carbocycles. The van der Waals surface area contributed by atoms with Gasteiger partial charge in [-0.05, 0) is 56.3 Å². The lowest BCUT2D eigenvalue weighted by atomic mass is 9.54. The number of rotatable bonds is 2. The molecule has 4 bridgehead atoms. The first-order valence-electron chi connectivity index (χ1n) is 6.37. The topological polar surface area (TPSA) is 66.8 Å². The molecule has 4 fully saturated rings. The van der Waals surface area contributed by atoms with E-state index in [2.05, 4.69) is 0 Å². The summed E-state index contributed by atoms with van der Waals surface area (Å²) in [4.78, 5) is 11.6. The molecule has 2 N–H and O–H groups in total. The third kappa shape index (κ3) is 1.79. The molecular weight excluding hydrogens is 220 g/mol. The van der Waals surface area contributed by atoms with Gasteiger partial charge in [0, 0.05) is 0 Å². The van der Waals surface area contributed by atoms with Crippen LogP contribution in [0.5, 0.6) is 0 Å². The standard InChI is InChI=1S/C13H18O4/c14-7-11(15)12(16)17-13-4-8-1-9(5-13)3-10(2-8)6-13/h7-10,14-15H,1-6H2. The van der Waals surface area contributed by atoms with Crippen molar-refractivity contribution in [2.24, 2.45) is 17.8 Å². The molecule has 0 aliphatic heterocycles. The molecule has 0 heterocycles. The van der Waals surface area contributed by atoms with Gasteiger partial charge >= 0.3 is 5.97 Å². The lowest BCUT2D eigenvalue weighted by molar-refractivity contribution is -0.185. The second-order valence-corrected chi connectivity index (χ2v) is 6.00. The third-order valence-corrected chi connectivity index (χ3v) is 4.62. The van der Waals surface area contributed by atoms with Crippen molar-refractivity contribution in [3.8, 4) is 0 Å². The average Bonchev–Trinajstić information content (AvgIpc) is 2.25. The Balaban J connectivity index is 1.76. The highest BCUT2D eigenvalue weighted by Gasteiger charge is 2.53. The molecule has 0 spiro atoms. The first kappa shape index (κ1) is 10.9. The number of ether oxygens (including phenoxy) is 1. The molecule has 0 unspecified atom stereocenters. The molecule has 0 saturated heterocycles. The number of hydrogen-bond acceptors (Lipinski definition) is 4. The minimum Gasteiger partial charge on any atom is -0.511 e. The zero-order valence-electron chi connectivity index (χ0n) is 9.76. The highest BCUT2D eigenvalue weighted by Crippen LogP contribution is 2.57. The van der Waals surface area contributed by atoms with Gasteiger partial charge in [0.25, 0.3) is 0 Å². The molecule has 4 aliphatic rings. The van der Waals surface area contributed by atoms with Crippen LogP contribution in [-0.2, 0) is 9.53 Å². The second kappa shape index (κ2) is 3.65. The van der Waals surface area contributed by atoms with Crippen molar-refractivity contribution in [2.75, 3.05) is 0 Å². The van der Waals surface area contributed by atoms with Gasteiger partial charge in [-0.3, -0.25) is 0 Å². The van der Waals surface area contributed by atoms with Crippen LogP contribution in [0.1, 0.15) is 38.5 Å². The summed E-state index contributed by atoms with van der Waals surface area (Å²) in [6, 6.07) is 0. The minimum atomic E-state index is -0.783. The van der Waals surface area contributed by atoms with Crippen LogP contribution < -0.4 is 0 Å². The summed E-state index contributed by atoms with van der Waals surface area (Å²) < 4.78 is 5.49. The molecule has 4 nitrogen and oxygen atoms in total. The van der Waals surface area contributed by atoms with Gasteiger partial charge in [-0.25, -0.2) is 4.79 Å². The molecule has 0 amide bonds. The molecule has 4 aliphatic carbocycles. The van der Waals surface area contributed by atoms with Crippen LogP contribution in [0, 0.1) is 17.8 Å². The minimum absolute atomic E-state index is 0.358. The predicted octanol–water partition coefficient (Wildman–Crippen LogP) is 2.46.